The molecular weight excluding hydrogens is 224 g/mol. The average molecular weight is 238 g/mol. The van der Waals surface area contributed by atoms with Crippen LogP contribution in [0.1, 0.15) is 0 Å². The van der Waals surface area contributed by atoms with Crippen molar-refractivity contribution >= 4 is 12.1 Å². The summed E-state index contributed by atoms with van der Waals surface area (Å²) in [5.41, 5.74) is 0. The molecule has 94 valence electrons. The lowest BCUT2D eigenvalue weighted by molar-refractivity contribution is -0.155. The second-order valence-electron chi connectivity index (χ2n) is 3.16. The van der Waals surface area contributed by atoms with Crippen LogP contribution in [0.3, 0.4) is 0 Å². The third-order valence-corrected chi connectivity index (χ3v) is 1.95. The third-order valence-electron chi connectivity index (χ3n) is 1.95. The molecule has 6 N–H and O–H groups in total. The van der Waals surface area contributed by atoms with E-state index in [9.17, 15) is 9.59 Å². The standard InChI is InChI=1S/C8H14O8/c9-1-3(11)5(13)7(15)8(16)6(14)4(12)2-10/h1,3-6,8,10-14,16H,2H2/t3-,4-,5+,6+,8-/m1/s1. The molecule has 5 atom stereocenters. The van der Waals surface area contributed by atoms with Gasteiger partial charge in [0.15, 0.2) is 12.1 Å². The molecule has 0 unspecified atom stereocenters. The lowest BCUT2D eigenvalue weighted by Gasteiger charge is -2.22. The van der Waals surface area contributed by atoms with Gasteiger partial charge in [0.1, 0.15) is 30.5 Å². The quantitative estimate of drug-likeness (QED) is 0.243. The van der Waals surface area contributed by atoms with E-state index < -0.39 is 42.9 Å². The lowest BCUT2D eigenvalue weighted by atomic mass is 9.99. The second kappa shape index (κ2) is 6.63. The first-order valence-corrected chi connectivity index (χ1v) is 4.37. The van der Waals surface area contributed by atoms with Gasteiger partial charge in [-0.2, -0.15) is 0 Å². The van der Waals surface area contributed by atoms with Crippen molar-refractivity contribution in [2.24, 2.45) is 0 Å². The van der Waals surface area contributed by atoms with Crippen molar-refractivity contribution < 1.29 is 40.2 Å². The Morgan fingerprint density at radius 3 is 1.94 bits per heavy atom. The van der Waals surface area contributed by atoms with Crippen molar-refractivity contribution in [3.05, 3.63) is 0 Å². The van der Waals surface area contributed by atoms with E-state index in [-0.39, 0.29) is 6.29 Å². The number of ketones is 1. The van der Waals surface area contributed by atoms with Crippen molar-refractivity contribution in [2.45, 2.75) is 30.5 Å². The van der Waals surface area contributed by atoms with Gasteiger partial charge in [0.25, 0.3) is 0 Å². The summed E-state index contributed by atoms with van der Waals surface area (Å²) in [5.74, 6) is -1.43. The molecule has 8 nitrogen and oxygen atoms in total. The minimum absolute atomic E-state index is 0.121. The van der Waals surface area contributed by atoms with Crippen LogP contribution in [0, 0.1) is 0 Å². The molecule has 0 bridgehead atoms. The van der Waals surface area contributed by atoms with Gasteiger partial charge in [-0.25, -0.2) is 0 Å². The van der Waals surface area contributed by atoms with Crippen LogP contribution >= 0.6 is 0 Å². The fourth-order valence-corrected chi connectivity index (χ4v) is 0.904. The predicted molar refractivity (Wildman–Crippen MR) is 48.2 cm³/mol. The van der Waals surface area contributed by atoms with Gasteiger partial charge < -0.3 is 35.4 Å². The average Bonchev–Trinajstić information content (AvgIpc) is 2.32. The SMILES string of the molecule is O=C[C@@H](O)[C@H](O)C(=O)[C@H](O)[C@@H](O)[C@H](O)CO. The van der Waals surface area contributed by atoms with Gasteiger partial charge >= 0.3 is 0 Å². The highest BCUT2D eigenvalue weighted by Crippen LogP contribution is 2.05. The number of aldehydes is 1. The van der Waals surface area contributed by atoms with E-state index in [1.165, 1.54) is 0 Å². The van der Waals surface area contributed by atoms with Gasteiger partial charge in [-0.05, 0) is 0 Å². The Bertz CT molecular complexity index is 242. The molecular formula is C8H14O8. The molecule has 0 aliphatic heterocycles. The molecule has 16 heavy (non-hydrogen) atoms. The fraction of sp³-hybridized carbons (Fsp3) is 0.750. The van der Waals surface area contributed by atoms with E-state index in [4.69, 9.17) is 30.6 Å². The van der Waals surface area contributed by atoms with Gasteiger partial charge in [-0.3, -0.25) is 4.79 Å². The van der Waals surface area contributed by atoms with Crippen LogP contribution < -0.4 is 0 Å². The van der Waals surface area contributed by atoms with Crippen molar-refractivity contribution in [2.75, 3.05) is 6.61 Å². The number of rotatable bonds is 7. The van der Waals surface area contributed by atoms with Crippen LogP contribution in [-0.4, -0.2) is 79.8 Å². The zero-order chi connectivity index (χ0) is 12.9. The van der Waals surface area contributed by atoms with Crippen LogP contribution in [-0.2, 0) is 9.59 Å². The molecule has 0 aromatic carbocycles. The van der Waals surface area contributed by atoms with E-state index in [0.29, 0.717) is 0 Å². The molecule has 0 aliphatic carbocycles. The van der Waals surface area contributed by atoms with Gasteiger partial charge in [0.05, 0.1) is 6.61 Å². The molecule has 0 aromatic rings. The molecule has 0 aromatic heterocycles. The smallest absolute Gasteiger partial charge is 0.195 e. The summed E-state index contributed by atoms with van der Waals surface area (Å²) >= 11 is 0. The highest BCUT2D eigenvalue weighted by atomic mass is 16.4. The molecule has 0 rings (SSSR count). The predicted octanol–water partition coefficient (Wildman–Crippen LogP) is -4.45. The molecule has 8 heteroatoms. The van der Waals surface area contributed by atoms with Crippen LogP contribution in [0.15, 0.2) is 0 Å². The van der Waals surface area contributed by atoms with Gasteiger partial charge in [-0.15, -0.1) is 0 Å². The summed E-state index contributed by atoms with van der Waals surface area (Å²) in [4.78, 5) is 21.2. The topological polar surface area (TPSA) is 156 Å². The van der Waals surface area contributed by atoms with E-state index in [0.717, 1.165) is 0 Å². The Balaban J connectivity index is 4.54. The maximum Gasteiger partial charge on any atom is 0.195 e. The van der Waals surface area contributed by atoms with Crippen LogP contribution in [0.25, 0.3) is 0 Å². The Labute approximate surface area is 90.4 Å². The van der Waals surface area contributed by atoms with Gasteiger partial charge in [0.2, 0.25) is 0 Å². The summed E-state index contributed by atoms with van der Waals surface area (Å²) in [7, 11) is 0. The Kier molecular flexibility index (Phi) is 6.26. The van der Waals surface area contributed by atoms with Crippen LogP contribution in [0.2, 0.25) is 0 Å². The number of hydrogen-bond donors (Lipinski definition) is 6. The van der Waals surface area contributed by atoms with Crippen molar-refractivity contribution in [3.63, 3.8) is 0 Å². The Morgan fingerprint density at radius 1 is 1.06 bits per heavy atom. The number of aliphatic hydroxyl groups is 6. The molecule has 0 saturated carbocycles. The molecule has 0 saturated heterocycles. The summed E-state index contributed by atoms with van der Waals surface area (Å²) in [6.07, 6.45) is -10.4. The Hall–Kier alpha value is -0.900. The number of carbonyl (C=O) groups is 2. The van der Waals surface area contributed by atoms with Crippen LogP contribution in [0.5, 0.6) is 0 Å². The number of Topliss-reactive ketones (excluding diaryl/α,β-unsaturated/α-hetero) is 1. The van der Waals surface area contributed by atoms with E-state index in [1.54, 1.807) is 0 Å². The van der Waals surface area contributed by atoms with Gasteiger partial charge in [0, 0.05) is 0 Å². The van der Waals surface area contributed by atoms with Gasteiger partial charge in [-0.1, -0.05) is 0 Å². The first-order chi connectivity index (χ1) is 7.36. The normalized spacial score (nSPS) is 20.6. The van der Waals surface area contributed by atoms with Crippen LogP contribution in [0.4, 0.5) is 0 Å². The zero-order valence-corrected chi connectivity index (χ0v) is 8.17. The van der Waals surface area contributed by atoms with E-state index >= 15 is 0 Å². The Morgan fingerprint density at radius 2 is 1.56 bits per heavy atom. The van der Waals surface area contributed by atoms with Crippen molar-refractivity contribution in [1.29, 1.82) is 0 Å². The lowest BCUT2D eigenvalue weighted by Crippen LogP contribution is -2.50. The molecule has 0 heterocycles. The van der Waals surface area contributed by atoms with E-state index in [2.05, 4.69) is 0 Å². The molecule has 0 fully saturated rings. The maximum atomic E-state index is 11.1. The summed E-state index contributed by atoms with van der Waals surface area (Å²) in [5, 5.41) is 53.4. The first kappa shape index (κ1) is 15.1. The number of carbonyl (C=O) groups excluding carboxylic acids is 2. The highest BCUT2D eigenvalue weighted by molar-refractivity contribution is 5.90. The number of hydrogen-bond acceptors (Lipinski definition) is 8. The zero-order valence-electron chi connectivity index (χ0n) is 8.17. The van der Waals surface area contributed by atoms with Crippen molar-refractivity contribution in [1.82, 2.24) is 0 Å². The van der Waals surface area contributed by atoms with E-state index in [1.807, 2.05) is 0 Å². The largest absolute Gasteiger partial charge is 0.394 e. The summed E-state index contributed by atoms with van der Waals surface area (Å²) < 4.78 is 0. The molecule has 0 spiro atoms. The number of aliphatic hydroxyl groups excluding tert-OH is 6. The first-order valence-electron chi connectivity index (χ1n) is 4.37. The maximum absolute atomic E-state index is 11.1. The monoisotopic (exact) mass is 238 g/mol. The third kappa shape index (κ3) is 3.59. The fourth-order valence-electron chi connectivity index (χ4n) is 0.904. The second-order valence-corrected chi connectivity index (χ2v) is 3.16. The minimum Gasteiger partial charge on any atom is -0.394 e. The van der Waals surface area contributed by atoms with Crippen molar-refractivity contribution in [3.8, 4) is 0 Å². The molecule has 0 amide bonds. The highest BCUT2D eigenvalue weighted by Gasteiger charge is 2.36. The molecule has 0 radical (unpaired) electrons. The molecule has 0 aliphatic rings. The summed E-state index contributed by atoms with van der Waals surface area (Å²) in [6, 6.07) is 0. The minimum atomic E-state index is -2.22. The summed E-state index contributed by atoms with van der Waals surface area (Å²) in [6.45, 7) is -0.905.